The highest BCUT2D eigenvalue weighted by molar-refractivity contribution is 5.96. The highest BCUT2D eigenvalue weighted by Crippen LogP contribution is 2.21. The minimum absolute atomic E-state index is 0.342. The Hall–Kier alpha value is -1.71. The lowest BCUT2D eigenvalue weighted by Crippen LogP contribution is -2.14. The van der Waals surface area contributed by atoms with Crippen molar-refractivity contribution in [1.29, 1.82) is 0 Å². The highest BCUT2D eigenvalue weighted by Gasteiger charge is 2.09. The third kappa shape index (κ3) is 4.34. The molecule has 0 bridgehead atoms. The molecule has 0 heterocycles. The van der Waals surface area contributed by atoms with Crippen molar-refractivity contribution in [3.05, 3.63) is 23.8 Å². The predicted molar refractivity (Wildman–Crippen MR) is 68.9 cm³/mol. The number of nitrogens with two attached hydrogens (primary N) is 2. The van der Waals surface area contributed by atoms with Crippen molar-refractivity contribution < 1.29 is 9.53 Å². The van der Waals surface area contributed by atoms with Crippen molar-refractivity contribution >= 4 is 11.6 Å². The number of nitrogen functional groups attached to an aromatic ring is 1. The van der Waals surface area contributed by atoms with E-state index in [1.807, 2.05) is 0 Å². The van der Waals surface area contributed by atoms with Crippen LogP contribution in [-0.2, 0) is 0 Å². The Balaban J connectivity index is 2.61. The van der Waals surface area contributed by atoms with Crippen LogP contribution in [0.3, 0.4) is 0 Å². The van der Waals surface area contributed by atoms with Crippen molar-refractivity contribution in [1.82, 2.24) is 0 Å². The molecular formula is C13H20N2O2. The molecule has 94 valence electrons. The summed E-state index contributed by atoms with van der Waals surface area (Å²) in [5.41, 5.74) is 11.7. The molecule has 0 unspecified atom stereocenters. The second kappa shape index (κ2) is 6.13. The van der Waals surface area contributed by atoms with E-state index < -0.39 is 5.91 Å². The zero-order chi connectivity index (χ0) is 12.8. The fourth-order valence-electron chi connectivity index (χ4n) is 1.54. The summed E-state index contributed by atoms with van der Waals surface area (Å²) in [5.74, 6) is 0.646. The van der Waals surface area contributed by atoms with Gasteiger partial charge in [-0.05, 0) is 37.0 Å². The van der Waals surface area contributed by atoms with E-state index in [9.17, 15) is 4.79 Å². The van der Waals surface area contributed by atoms with E-state index in [4.69, 9.17) is 16.2 Å². The van der Waals surface area contributed by atoms with Crippen LogP contribution in [0.15, 0.2) is 18.2 Å². The predicted octanol–water partition coefficient (Wildman–Crippen LogP) is 2.18. The normalized spacial score (nSPS) is 10.5. The van der Waals surface area contributed by atoms with Crippen molar-refractivity contribution in [2.24, 2.45) is 11.7 Å². The number of carbonyl (C=O) groups is 1. The molecule has 0 aliphatic heterocycles. The van der Waals surface area contributed by atoms with Gasteiger partial charge in [-0.1, -0.05) is 13.8 Å². The van der Waals surface area contributed by atoms with Gasteiger partial charge in [-0.2, -0.15) is 0 Å². The number of ether oxygens (including phenoxy) is 1. The number of primary amides is 1. The van der Waals surface area contributed by atoms with Crippen molar-refractivity contribution in [2.45, 2.75) is 26.7 Å². The molecule has 0 aromatic heterocycles. The summed E-state index contributed by atoms with van der Waals surface area (Å²) in [7, 11) is 0. The number of benzene rings is 1. The average molecular weight is 236 g/mol. The maximum absolute atomic E-state index is 11.2. The number of rotatable bonds is 6. The fraction of sp³-hybridized carbons (Fsp3) is 0.462. The van der Waals surface area contributed by atoms with E-state index in [0.29, 0.717) is 29.5 Å². The van der Waals surface area contributed by atoms with E-state index in [1.54, 1.807) is 18.2 Å². The molecule has 1 amide bonds. The SMILES string of the molecule is CC(C)CCCOc1ccc(N)cc1C(N)=O. The molecule has 0 saturated heterocycles. The molecule has 4 heteroatoms. The summed E-state index contributed by atoms with van der Waals surface area (Å²) in [6, 6.07) is 4.93. The first kappa shape index (κ1) is 13.4. The summed E-state index contributed by atoms with van der Waals surface area (Å²) >= 11 is 0. The molecule has 4 nitrogen and oxygen atoms in total. The van der Waals surface area contributed by atoms with Gasteiger partial charge in [0.1, 0.15) is 5.75 Å². The maximum Gasteiger partial charge on any atom is 0.252 e. The van der Waals surface area contributed by atoms with E-state index in [0.717, 1.165) is 12.8 Å². The zero-order valence-electron chi connectivity index (χ0n) is 10.4. The van der Waals surface area contributed by atoms with Gasteiger partial charge in [-0.15, -0.1) is 0 Å². The van der Waals surface area contributed by atoms with Gasteiger partial charge in [-0.25, -0.2) is 0 Å². The second-order valence-corrected chi connectivity index (χ2v) is 4.50. The number of hydrogen-bond donors (Lipinski definition) is 2. The minimum atomic E-state index is -0.517. The first-order valence-corrected chi connectivity index (χ1v) is 5.83. The van der Waals surface area contributed by atoms with Crippen LogP contribution in [-0.4, -0.2) is 12.5 Å². The van der Waals surface area contributed by atoms with E-state index in [-0.39, 0.29) is 0 Å². The van der Waals surface area contributed by atoms with Crippen LogP contribution in [0.2, 0.25) is 0 Å². The number of hydrogen-bond acceptors (Lipinski definition) is 3. The van der Waals surface area contributed by atoms with Crippen LogP contribution in [0, 0.1) is 5.92 Å². The molecule has 0 aliphatic rings. The fourth-order valence-corrected chi connectivity index (χ4v) is 1.54. The Morgan fingerprint density at radius 1 is 1.41 bits per heavy atom. The molecule has 4 N–H and O–H groups in total. The largest absolute Gasteiger partial charge is 0.493 e. The number of amides is 1. The number of carbonyl (C=O) groups excluding carboxylic acids is 1. The molecule has 0 fully saturated rings. The van der Waals surface area contributed by atoms with Crippen LogP contribution in [0.25, 0.3) is 0 Å². The van der Waals surface area contributed by atoms with Gasteiger partial charge >= 0.3 is 0 Å². The van der Waals surface area contributed by atoms with Gasteiger partial charge in [0.15, 0.2) is 0 Å². The van der Waals surface area contributed by atoms with Crippen LogP contribution < -0.4 is 16.2 Å². The first-order chi connectivity index (χ1) is 8.00. The minimum Gasteiger partial charge on any atom is -0.493 e. The summed E-state index contributed by atoms with van der Waals surface area (Å²) < 4.78 is 5.55. The monoisotopic (exact) mass is 236 g/mol. The average Bonchev–Trinajstić information content (AvgIpc) is 2.25. The van der Waals surface area contributed by atoms with Crippen molar-refractivity contribution in [2.75, 3.05) is 12.3 Å². The van der Waals surface area contributed by atoms with Crippen LogP contribution in [0.5, 0.6) is 5.75 Å². The molecule has 1 aromatic rings. The molecule has 17 heavy (non-hydrogen) atoms. The zero-order valence-corrected chi connectivity index (χ0v) is 10.4. The highest BCUT2D eigenvalue weighted by atomic mass is 16.5. The Kier molecular flexibility index (Phi) is 4.82. The van der Waals surface area contributed by atoms with Gasteiger partial charge in [0, 0.05) is 5.69 Å². The first-order valence-electron chi connectivity index (χ1n) is 5.83. The van der Waals surface area contributed by atoms with Crippen molar-refractivity contribution in [3.8, 4) is 5.75 Å². The van der Waals surface area contributed by atoms with E-state index in [2.05, 4.69) is 13.8 Å². The number of anilines is 1. The van der Waals surface area contributed by atoms with Crippen molar-refractivity contribution in [3.63, 3.8) is 0 Å². The summed E-state index contributed by atoms with van der Waals surface area (Å²) in [6.07, 6.45) is 2.06. The van der Waals surface area contributed by atoms with E-state index in [1.165, 1.54) is 0 Å². The van der Waals surface area contributed by atoms with Gasteiger partial charge in [0.2, 0.25) is 0 Å². The van der Waals surface area contributed by atoms with Crippen LogP contribution in [0.1, 0.15) is 37.0 Å². The molecule has 0 radical (unpaired) electrons. The smallest absolute Gasteiger partial charge is 0.252 e. The summed E-state index contributed by atoms with van der Waals surface area (Å²) in [6.45, 7) is 4.92. The Labute approximate surface area is 102 Å². The van der Waals surface area contributed by atoms with Gasteiger partial charge < -0.3 is 16.2 Å². The molecule has 0 atom stereocenters. The molecular weight excluding hydrogens is 216 g/mol. The molecule has 0 saturated carbocycles. The lowest BCUT2D eigenvalue weighted by molar-refractivity contribution is 0.0996. The second-order valence-electron chi connectivity index (χ2n) is 4.50. The third-order valence-corrected chi connectivity index (χ3v) is 2.45. The molecule has 1 rings (SSSR count). The Morgan fingerprint density at radius 3 is 2.71 bits per heavy atom. The lowest BCUT2D eigenvalue weighted by atomic mass is 10.1. The lowest BCUT2D eigenvalue weighted by Gasteiger charge is -2.11. The molecule has 0 spiro atoms. The summed E-state index contributed by atoms with van der Waals surface area (Å²) in [4.78, 5) is 11.2. The third-order valence-electron chi connectivity index (χ3n) is 2.45. The van der Waals surface area contributed by atoms with Crippen LogP contribution >= 0.6 is 0 Å². The maximum atomic E-state index is 11.2. The Morgan fingerprint density at radius 2 is 2.12 bits per heavy atom. The standard InChI is InChI=1S/C13H20N2O2/c1-9(2)4-3-7-17-12-6-5-10(14)8-11(12)13(15)16/h5-6,8-9H,3-4,7,14H2,1-2H3,(H2,15,16). The van der Waals surface area contributed by atoms with Gasteiger partial charge in [0.25, 0.3) is 5.91 Å². The van der Waals surface area contributed by atoms with Crippen LogP contribution in [0.4, 0.5) is 5.69 Å². The molecule has 0 aliphatic carbocycles. The Bertz CT molecular complexity index is 389. The topological polar surface area (TPSA) is 78.3 Å². The molecule has 1 aromatic carbocycles. The van der Waals surface area contributed by atoms with Gasteiger partial charge in [0.05, 0.1) is 12.2 Å². The van der Waals surface area contributed by atoms with Gasteiger partial charge in [-0.3, -0.25) is 4.79 Å². The quantitative estimate of drug-likeness (QED) is 0.587. The van der Waals surface area contributed by atoms with E-state index >= 15 is 0 Å². The summed E-state index contributed by atoms with van der Waals surface area (Å²) in [5, 5.41) is 0.